The minimum absolute atomic E-state index is 0.360. The largest absolute Gasteiger partial charge is 0.378 e. The molecule has 0 saturated carbocycles. The Kier molecular flexibility index (Phi) is 5.34. The minimum Gasteiger partial charge on any atom is -0.378 e. The third-order valence-corrected chi connectivity index (χ3v) is 4.14. The molecule has 19 heavy (non-hydrogen) atoms. The van der Waals surface area contributed by atoms with Crippen LogP contribution in [0, 0.1) is 5.92 Å². The van der Waals surface area contributed by atoms with Gasteiger partial charge in [0.1, 0.15) is 0 Å². The molecule has 1 aliphatic heterocycles. The van der Waals surface area contributed by atoms with Crippen molar-refractivity contribution < 1.29 is 4.74 Å². The molecule has 1 aliphatic rings. The molecule has 3 unspecified atom stereocenters. The first kappa shape index (κ1) is 14.5. The highest BCUT2D eigenvalue weighted by molar-refractivity contribution is 5.15. The molecule has 0 spiro atoms. The summed E-state index contributed by atoms with van der Waals surface area (Å²) in [6.45, 7) is 8.42. The number of hydrogen-bond acceptors (Lipinski definition) is 3. The lowest BCUT2D eigenvalue weighted by Crippen LogP contribution is -2.41. The van der Waals surface area contributed by atoms with Gasteiger partial charge in [-0.1, -0.05) is 19.9 Å². The molecule has 1 aromatic heterocycles. The van der Waals surface area contributed by atoms with Crippen molar-refractivity contribution >= 4 is 0 Å². The van der Waals surface area contributed by atoms with Gasteiger partial charge < -0.3 is 10.1 Å². The molecule has 1 N–H and O–H groups in total. The summed E-state index contributed by atoms with van der Waals surface area (Å²) >= 11 is 0. The van der Waals surface area contributed by atoms with E-state index < -0.39 is 0 Å². The van der Waals surface area contributed by atoms with Crippen molar-refractivity contribution in [3.05, 3.63) is 29.6 Å². The van der Waals surface area contributed by atoms with Gasteiger partial charge in [0, 0.05) is 36.9 Å². The Bertz CT molecular complexity index is 377. The number of aryl methyl sites for hydroxylation is 1. The quantitative estimate of drug-likeness (QED) is 0.855. The molecular weight excluding hydrogens is 236 g/mol. The van der Waals surface area contributed by atoms with Crippen molar-refractivity contribution in [2.24, 2.45) is 5.92 Å². The molecule has 0 bridgehead atoms. The molecule has 0 aliphatic carbocycles. The van der Waals surface area contributed by atoms with E-state index in [2.05, 4.69) is 43.2 Å². The first-order chi connectivity index (χ1) is 9.24. The Balaban J connectivity index is 2.02. The molecule has 0 aromatic carbocycles. The summed E-state index contributed by atoms with van der Waals surface area (Å²) in [5.74, 6) is 0.604. The highest BCUT2D eigenvalue weighted by atomic mass is 16.5. The van der Waals surface area contributed by atoms with E-state index in [1.165, 1.54) is 11.3 Å². The molecule has 0 amide bonds. The van der Waals surface area contributed by atoms with Crippen molar-refractivity contribution in [2.45, 2.75) is 52.2 Å². The number of nitrogens with zero attached hydrogens (tertiary/aromatic N) is 1. The third-order valence-electron chi connectivity index (χ3n) is 4.14. The van der Waals surface area contributed by atoms with Gasteiger partial charge in [0.25, 0.3) is 0 Å². The van der Waals surface area contributed by atoms with Gasteiger partial charge >= 0.3 is 0 Å². The summed E-state index contributed by atoms with van der Waals surface area (Å²) in [6.07, 6.45) is 5.57. The van der Waals surface area contributed by atoms with Crippen LogP contribution in [0.25, 0.3) is 0 Å². The topological polar surface area (TPSA) is 34.2 Å². The predicted octanol–water partition coefficient (Wildman–Crippen LogP) is 2.59. The summed E-state index contributed by atoms with van der Waals surface area (Å²) < 4.78 is 5.71. The average Bonchev–Trinajstić information content (AvgIpc) is 2.85. The van der Waals surface area contributed by atoms with E-state index in [1.54, 1.807) is 0 Å². The zero-order valence-electron chi connectivity index (χ0n) is 12.4. The van der Waals surface area contributed by atoms with Crippen LogP contribution in [0.5, 0.6) is 0 Å². The number of aromatic nitrogens is 1. The maximum Gasteiger partial charge on any atom is 0.0590 e. The van der Waals surface area contributed by atoms with Crippen LogP contribution in [0.4, 0.5) is 0 Å². The highest BCUT2D eigenvalue weighted by Crippen LogP contribution is 2.25. The molecule has 1 aromatic rings. The number of ether oxygens (including phenoxy) is 1. The van der Waals surface area contributed by atoms with Gasteiger partial charge in [-0.05, 0) is 37.9 Å². The molecule has 0 radical (unpaired) electrons. The molecule has 2 heterocycles. The molecule has 106 valence electrons. The Labute approximate surface area is 116 Å². The third kappa shape index (κ3) is 3.77. The van der Waals surface area contributed by atoms with E-state index in [-0.39, 0.29) is 0 Å². The zero-order chi connectivity index (χ0) is 13.7. The van der Waals surface area contributed by atoms with Crippen LogP contribution in [0.2, 0.25) is 0 Å². The average molecular weight is 262 g/mol. The lowest BCUT2D eigenvalue weighted by Gasteiger charge is -2.26. The summed E-state index contributed by atoms with van der Waals surface area (Å²) in [5, 5.41) is 3.61. The summed E-state index contributed by atoms with van der Waals surface area (Å²) in [5.41, 5.74) is 2.49. The van der Waals surface area contributed by atoms with E-state index in [4.69, 9.17) is 4.74 Å². The molecular formula is C16H26N2O. The smallest absolute Gasteiger partial charge is 0.0590 e. The predicted molar refractivity (Wildman–Crippen MR) is 78.3 cm³/mol. The van der Waals surface area contributed by atoms with Gasteiger partial charge in [-0.2, -0.15) is 0 Å². The normalized spacial score (nSPS) is 24.6. The fourth-order valence-electron chi connectivity index (χ4n) is 2.92. The van der Waals surface area contributed by atoms with Gasteiger partial charge in [-0.25, -0.2) is 0 Å². The molecule has 3 heteroatoms. The first-order valence-electron chi connectivity index (χ1n) is 7.53. The SMILES string of the molecule is CCNC(Cc1ccc(CC)cn1)C1CCOC1C. The summed E-state index contributed by atoms with van der Waals surface area (Å²) in [6, 6.07) is 4.84. The van der Waals surface area contributed by atoms with Crippen molar-refractivity contribution in [3.63, 3.8) is 0 Å². The Hall–Kier alpha value is -0.930. The van der Waals surface area contributed by atoms with Crippen LogP contribution >= 0.6 is 0 Å². The van der Waals surface area contributed by atoms with Gasteiger partial charge in [0.05, 0.1) is 6.10 Å². The number of likely N-dealkylation sites (N-methyl/N-ethyl adjacent to an activating group) is 1. The highest BCUT2D eigenvalue weighted by Gasteiger charge is 2.31. The van der Waals surface area contributed by atoms with E-state index in [1.807, 2.05) is 6.20 Å². The molecule has 3 atom stereocenters. The van der Waals surface area contributed by atoms with E-state index in [0.717, 1.165) is 32.4 Å². The first-order valence-corrected chi connectivity index (χ1v) is 7.53. The summed E-state index contributed by atoms with van der Waals surface area (Å²) in [7, 11) is 0. The van der Waals surface area contributed by atoms with E-state index >= 15 is 0 Å². The lowest BCUT2D eigenvalue weighted by molar-refractivity contribution is 0.0955. The van der Waals surface area contributed by atoms with Crippen LogP contribution < -0.4 is 5.32 Å². The van der Waals surface area contributed by atoms with Gasteiger partial charge in [-0.3, -0.25) is 4.98 Å². The maximum atomic E-state index is 5.71. The molecule has 1 fully saturated rings. The number of rotatable bonds is 6. The van der Waals surface area contributed by atoms with E-state index in [9.17, 15) is 0 Å². The number of hydrogen-bond donors (Lipinski definition) is 1. The summed E-state index contributed by atoms with van der Waals surface area (Å²) in [4.78, 5) is 4.59. The molecule has 1 saturated heterocycles. The minimum atomic E-state index is 0.360. The fraction of sp³-hybridized carbons (Fsp3) is 0.688. The second-order valence-electron chi connectivity index (χ2n) is 5.41. The van der Waals surface area contributed by atoms with E-state index in [0.29, 0.717) is 18.1 Å². The van der Waals surface area contributed by atoms with Gasteiger partial charge in [0.2, 0.25) is 0 Å². The second kappa shape index (κ2) is 7.01. The number of pyridine rings is 1. The number of nitrogens with one attached hydrogen (secondary N) is 1. The Morgan fingerprint density at radius 3 is 2.79 bits per heavy atom. The Morgan fingerprint density at radius 1 is 1.42 bits per heavy atom. The van der Waals surface area contributed by atoms with Crippen LogP contribution in [0.15, 0.2) is 18.3 Å². The fourth-order valence-corrected chi connectivity index (χ4v) is 2.92. The monoisotopic (exact) mass is 262 g/mol. The van der Waals surface area contributed by atoms with Crippen molar-refractivity contribution in [1.29, 1.82) is 0 Å². The van der Waals surface area contributed by atoms with Crippen LogP contribution in [0.3, 0.4) is 0 Å². The van der Waals surface area contributed by atoms with Crippen molar-refractivity contribution in [3.8, 4) is 0 Å². The van der Waals surface area contributed by atoms with Crippen LogP contribution in [-0.4, -0.2) is 30.3 Å². The Morgan fingerprint density at radius 2 is 2.26 bits per heavy atom. The second-order valence-corrected chi connectivity index (χ2v) is 5.41. The molecule has 3 nitrogen and oxygen atoms in total. The van der Waals surface area contributed by atoms with Crippen LogP contribution in [0.1, 0.15) is 38.4 Å². The van der Waals surface area contributed by atoms with Crippen molar-refractivity contribution in [1.82, 2.24) is 10.3 Å². The van der Waals surface area contributed by atoms with Gasteiger partial charge in [-0.15, -0.1) is 0 Å². The van der Waals surface area contributed by atoms with Gasteiger partial charge in [0.15, 0.2) is 0 Å². The maximum absolute atomic E-state index is 5.71. The lowest BCUT2D eigenvalue weighted by atomic mass is 9.90. The van der Waals surface area contributed by atoms with Crippen LogP contribution in [-0.2, 0) is 17.6 Å². The standard InChI is InChI=1S/C16H26N2O/c1-4-13-6-7-14(18-11-13)10-16(17-5-2)15-8-9-19-12(15)3/h6-7,11-12,15-17H,4-5,8-10H2,1-3H3. The zero-order valence-corrected chi connectivity index (χ0v) is 12.4. The van der Waals surface area contributed by atoms with Crippen molar-refractivity contribution in [2.75, 3.05) is 13.2 Å². The molecule has 2 rings (SSSR count).